The molecule has 0 aromatic rings. The number of carbonyl (C=O) groups excluding carboxylic acids is 1. The summed E-state index contributed by atoms with van der Waals surface area (Å²) in [6.45, 7) is 0. The second-order valence-corrected chi connectivity index (χ2v) is 0.584. The van der Waals surface area contributed by atoms with Gasteiger partial charge in [0.1, 0.15) is 0 Å². The molecule has 2 amide bonds. The summed E-state index contributed by atoms with van der Waals surface area (Å²) in [7, 11) is 0. The van der Waals surface area contributed by atoms with E-state index in [0.29, 0.717) is 0 Å². The second-order valence-electron chi connectivity index (χ2n) is 0.584. The fourth-order valence-electron chi connectivity index (χ4n) is 0.0581. The van der Waals surface area contributed by atoms with Crippen LogP contribution in [-0.4, -0.2) is 6.03 Å². The van der Waals surface area contributed by atoms with Gasteiger partial charge in [-0.1, -0.05) is 0 Å². The number of rotatable bonds is 1. The lowest BCUT2D eigenvalue weighted by Gasteiger charge is -1.89. The van der Waals surface area contributed by atoms with Crippen molar-refractivity contribution in [1.82, 2.24) is 5.48 Å². The Hall–Kier alpha value is -0.810. The molecule has 0 aliphatic carbocycles. The Kier molecular flexibility index (Phi) is 2.10. The van der Waals surface area contributed by atoms with E-state index in [4.69, 9.17) is 0 Å². The molecule has 5 heteroatoms. The third-order valence-electron chi connectivity index (χ3n) is 0.160. The molecule has 5 N–H and O–H groups in total. The van der Waals surface area contributed by atoms with E-state index in [9.17, 15) is 4.79 Å². The first-order chi connectivity index (χ1) is 2.77. The van der Waals surface area contributed by atoms with Crippen LogP contribution >= 0.6 is 0 Å². The minimum absolute atomic E-state index is 0.808. The van der Waals surface area contributed by atoms with Crippen molar-refractivity contribution in [3.8, 4) is 0 Å². The van der Waals surface area contributed by atoms with Gasteiger partial charge in [-0.05, 0) is 0 Å². The van der Waals surface area contributed by atoms with Crippen molar-refractivity contribution in [1.29, 1.82) is 0 Å². The molecule has 5 nitrogen and oxygen atoms in total. The largest absolute Gasteiger partial charge is 0.350 e. The summed E-state index contributed by atoms with van der Waals surface area (Å²) in [6.07, 6.45) is 0. The van der Waals surface area contributed by atoms with Gasteiger partial charge in [0.25, 0.3) is 0 Å². The lowest BCUT2D eigenvalue weighted by molar-refractivity contribution is 0.0651. The lowest BCUT2D eigenvalue weighted by atomic mass is 11.2. The SMILES string of the molecule is NONC(N)=O. The molecule has 0 spiro atoms. The highest BCUT2D eigenvalue weighted by Crippen LogP contribution is 1.45. The summed E-state index contributed by atoms with van der Waals surface area (Å²) < 4.78 is 0. The van der Waals surface area contributed by atoms with Gasteiger partial charge in [0.05, 0.1) is 0 Å². The molecule has 6 heavy (non-hydrogen) atoms. The average molecular weight is 91.1 g/mol. The predicted octanol–water partition coefficient (Wildman–Crippen LogP) is -1.54. The van der Waals surface area contributed by atoms with Crippen LogP contribution < -0.4 is 17.1 Å². The van der Waals surface area contributed by atoms with Gasteiger partial charge < -0.3 is 5.73 Å². The van der Waals surface area contributed by atoms with Crippen LogP contribution in [0.5, 0.6) is 0 Å². The van der Waals surface area contributed by atoms with Gasteiger partial charge in [0.15, 0.2) is 0 Å². The maximum Gasteiger partial charge on any atom is 0.337 e. The van der Waals surface area contributed by atoms with E-state index in [2.05, 4.69) is 16.6 Å². The van der Waals surface area contributed by atoms with Crippen LogP contribution in [-0.2, 0) is 4.94 Å². The van der Waals surface area contributed by atoms with Crippen LogP contribution in [0.4, 0.5) is 4.79 Å². The fraction of sp³-hybridized carbons (Fsp3) is 0. The number of urea groups is 1. The van der Waals surface area contributed by atoms with Crippen molar-refractivity contribution in [3.05, 3.63) is 0 Å². The minimum Gasteiger partial charge on any atom is -0.350 e. The number of hydrogen-bond donors (Lipinski definition) is 3. The zero-order valence-electron chi connectivity index (χ0n) is 2.97. The van der Waals surface area contributed by atoms with Crippen molar-refractivity contribution in [3.63, 3.8) is 0 Å². The molecule has 0 saturated carbocycles. The van der Waals surface area contributed by atoms with Crippen LogP contribution in [0.3, 0.4) is 0 Å². The summed E-state index contributed by atoms with van der Waals surface area (Å²) in [5, 5.41) is 0. The summed E-state index contributed by atoms with van der Waals surface area (Å²) in [5.41, 5.74) is 6.07. The normalized spacial score (nSPS) is 7.50. The van der Waals surface area contributed by atoms with E-state index in [-0.39, 0.29) is 0 Å². The first kappa shape index (κ1) is 5.19. The highest BCUT2D eigenvalue weighted by atomic mass is 16.8. The fourth-order valence-corrected chi connectivity index (χ4v) is 0.0581. The van der Waals surface area contributed by atoms with Crippen LogP contribution in [0.15, 0.2) is 0 Å². The van der Waals surface area contributed by atoms with Crippen LogP contribution in [0.2, 0.25) is 0 Å². The van der Waals surface area contributed by atoms with E-state index < -0.39 is 6.03 Å². The summed E-state index contributed by atoms with van der Waals surface area (Å²) in [6, 6.07) is -0.808. The molecule has 0 bridgehead atoms. The average Bonchev–Trinajstić information content (AvgIpc) is 1.35. The van der Waals surface area contributed by atoms with Crippen molar-refractivity contribution in [2.45, 2.75) is 0 Å². The Labute approximate surface area is 34.2 Å². The van der Waals surface area contributed by atoms with Crippen molar-refractivity contribution in [2.75, 3.05) is 0 Å². The lowest BCUT2D eigenvalue weighted by Crippen LogP contribution is -2.31. The van der Waals surface area contributed by atoms with Crippen molar-refractivity contribution >= 4 is 6.03 Å². The monoisotopic (exact) mass is 91.0 g/mol. The Bertz CT molecular complexity index is 52.8. The number of primary amides is 1. The van der Waals surface area contributed by atoms with Gasteiger partial charge in [0, 0.05) is 0 Å². The van der Waals surface area contributed by atoms with E-state index in [0.717, 1.165) is 0 Å². The topological polar surface area (TPSA) is 90.4 Å². The first-order valence-electron chi connectivity index (χ1n) is 1.18. The number of carbonyl (C=O) groups is 1. The Balaban J connectivity index is 2.83. The Morgan fingerprint density at radius 1 is 1.83 bits per heavy atom. The molecule has 0 fully saturated rings. The zero-order chi connectivity index (χ0) is 4.99. The maximum atomic E-state index is 9.51. The van der Waals surface area contributed by atoms with Gasteiger partial charge in [-0.15, -0.1) is 0 Å². The quantitative estimate of drug-likeness (QED) is 0.341. The van der Waals surface area contributed by atoms with Crippen molar-refractivity contribution < 1.29 is 9.73 Å². The van der Waals surface area contributed by atoms with E-state index >= 15 is 0 Å². The smallest absolute Gasteiger partial charge is 0.337 e. The Morgan fingerprint density at radius 2 is 2.33 bits per heavy atom. The molecular formula is CH5N3O2. The molecular weight excluding hydrogens is 86.0 g/mol. The molecule has 0 aromatic carbocycles. The third-order valence-corrected chi connectivity index (χ3v) is 0.160. The number of hydroxylamine groups is 1. The molecule has 0 saturated heterocycles. The van der Waals surface area contributed by atoms with Gasteiger partial charge in [-0.25, -0.2) is 4.79 Å². The van der Waals surface area contributed by atoms with Gasteiger partial charge in [-0.2, -0.15) is 16.3 Å². The van der Waals surface area contributed by atoms with Gasteiger partial charge >= 0.3 is 6.03 Å². The van der Waals surface area contributed by atoms with Crippen LogP contribution in [0.1, 0.15) is 0 Å². The van der Waals surface area contributed by atoms with Crippen molar-refractivity contribution in [2.24, 2.45) is 11.6 Å². The zero-order valence-corrected chi connectivity index (χ0v) is 2.97. The first-order valence-corrected chi connectivity index (χ1v) is 1.18. The predicted molar refractivity (Wildman–Crippen MR) is 18.0 cm³/mol. The standard InChI is InChI=1S/CH5N3O2/c2-1(5)4-6-3/h3H2,(H3,2,4,5). The van der Waals surface area contributed by atoms with Crippen LogP contribution in [0.25, 0.3) is 0 Å². The van der Waals surface area contributed by atoms with Crippen LogP contribution in [0, 0.1) is 0 Å². The molecule has 0 aliphatic heterocycles. The Morgan fingerprint density at radius 3 is 2.33 bits per heavy atom. The summed E-state index contributed by atoms with van der Waals surface area (Å²) in [5.74, 6) is 4.32. The highest BCUT2D eigenvalue weighted by Gasteiger charge is 1.80. The summed E-state index contributed by atoms with van der Waals surface area (Å²) >= 11 is 0. The molecule has 0 unspecified atom stereocenters. The molecule has 0 aliphatic rings. The maximum absolute atomic E-state index is 9.51. The third kappa shape index (κ3) is 3.19. The number of nitrogens with two attached hydrogens (primary N) is 2. The molecule has 0 rings (SSSR count). The van der Waals surface area contributed by atoms with Gasteiger partial charge in [0.2, 0.25) is 0 Å². The number of nitrogens with one attached hydrogen (secondary N) is 1. The van der Waals surface area contributed by atoms with E-state index in [1.807, 2.05) is 0 Å². The van der Waals surface area contributed by atoms with E-state index in [1.165, 1.54) is 0 Å². The second kappa shape index (κ2) is 2.43. The molecule has 0 heterocycles. The highest BCUT2D eigenvalue weighted by molar-refractivity contribution is 5.70. The minimum atomic E-state index is -0.808. The number of amides is 2. The van der Waals surface area contributed by atoms with E-state index in [1.54, 1.807) is 5.48 Å². The summed E-state index contributed by atoms with van der Waals surface area (Å²) in [4.78, 5) is 13.1. The molecule has 0 aromatic heterocycles. The molecule has 36 valence electrons. The number of hydrogen-bond acceptors (Lipinski definition) is 3. The molecule has 0 atom stereocenters. The van der Waals surface area contributed by atoms with Gasteiger partial charge in [-0.3, -0.25) is 0 Å². The molecule has 0 radical (unpaired) electrons.